The van der Waals surface area contributed by atoms with E-state index in [1.165, 1.54) is 6.07 Å². The van der Waals surface area contributed by atoms with E-state index in [0.29, 0.717) is 13.2 Å². The van der Waals surface area contributed by atoms with Crippen LogP contribution in [0.25, 0.3) is 0 Å². The van der Waals surface area contributed by atoms with Crippen LogP contribution >= 0.6 is 0 Å². The van der Waals surface area contributed by atoms with Gasteiger partial charge in [-0.05, 0) is 37.9 Å². The minimum absolute atomic E-state index is 0.114. The molecule has 1 N–H and O–H groups in total. The SMILES string of the molecule is CCCNCC(CCOCC)c1ccccc1F. The second-order valence-electron chi connectivity index (χ2n) is 4.41. The van der Waals surface area contributed by atoms with Crippen LogP contribution < -0.4 is 5.32 Å². The first-order valence-electron chi connectivity index (χ1n) is 6.82. The van der Waals surface area contributed by atoms with Gasteiger partial charge in [-0.1, -0.05) is 25.1 Å². The highest BCUT2D eigenvalue weighted by Gasteiger charge is 2.14. The minimum Gasteiger partial charge on any atom is -0.382 e. The third-order valence-electron chi connectivity index (χ3n) is 2.98. The maximum Gasteiger partial charge on any atom is 0.126 e. The van der Waals surface area contributed by atoms with E-state index in [9.17, 15) is 4.39 Å². The number of hydrogen-bond donors (Lipinski definition) is 1. The molecule has 102 valence electrons. The molecule has 0 aliphatic carbocycles. The molecule has 2 nitrogen and oxygen atoms in total. The van der Waals surface area contributed by atoms with E-state index in [0.717, 1.165) is 31.5 Å². The molecule has 0 amide bonds. The molecule has 0 bridgehead atoms. The van der Waals surface area contributed by atoms with Crippen molar-refractivity contribution in [3.05, 3.63) is 35.6 Å². The molecule has 0 fully saturated rings. The molecule has 0 aliphatic rings. The predicted molar refractivity (Wildman–Crippen MR) is 73.4 cm³/mol. The summed E-state index contributed by atoms with van der Waals surface area (Å²) in [6, 6.07) is 7.03. The van der Waals surface area contributed by atoms with E-state index in [1.807, 2.05) is 19.1 Å². The Bertz CT molecular complexity index is 320. The zero-order valence-corrected chi connectivity index (χ0v) is 11.4. The summed E-state index contributed by atoms with van der Waals surface area (Å²) in [7, 11) is 0. The van der Waals surface area contributed by atoms with Crippen LogP contribution in [0.5, 0.6) is 0 Å². The summed E-state index contributed by atoms with van der Waals surface area (Å²) < 4.78 is 19.2. The lowest BCUT2D eigenvalue weighted by Gasteiger charge is -2.18. The lowest BCUT2D eigenvalue weighted by atomic mass is 9.95. The number of benzene rings is 1. The highest BCUT2D eigenvalue weighted by atomic mass is 19.1. The molecule has 18 heavy (non-hydrogen) atoms. The Morgan fingerprint density at radius 3 is 2.72 bits per heavy atom. The quantitative estimate of drug-likeness (QED) is 0.682. The van der Waals surface area contributed by atoms with Gasteiger partial charge in [0.05, 0.1) is 0 Å². The predicted octanol–water partition coefficient (Wildman–Crippen LogP) is 3.34. The van der Waals surface area contributed by atoms with Crippen molar-refractivity contribution in [1.29, 1.82) is 0 Å². The van der Waals surface area contributed by atoms with Crippen LogP contribution in [0.2, 0.25) is 0 Å². The van der Waals surface area contributed by atoms with Gasteiger partial charge in [0, 0.05) is 25.7 Å². The summed E-state index contributed by atoms with van der Waals surface area (Å²) in [5.74, 6) is 0.0709. The van der Waals surface area contributed by atoms with Crippen LogP contribution in [0.1, 0.15) is 38.2 Å². The van der Waals surface area contributed by atoms with Gasteiger partial charge in [-0.15, -0.1) is 0 Å². The molecule has 0 spiro atoms. The van der Waals surface area contributed by atoms with Gasteiger partial charge in [0.1, 0.15) is 5.82 Å². The highest BCUT2D eigenvalue weighted by molar-refractivity contribution is 5.22. The second-order valence-corrected chi connectivity index (χ2v) is 4.41. The van der Waals surface area contributed by atoms with E-state index in [2.05, 4.69) is 12.2 Å². The monoisotopic (exact) mass is 253 g/mol. The Kier molecular flexibility index (Phi) is 7.62. The van der Waals surface area contributed by atoms with Crippen molar-refractivity contribution >= 4 is 0 Å². The summed E-state index contributed by atoms with van der Waals surface area (Å²) in [6.07, 6.45) is 1.95. The first kappa shape index (κ1) is 15.1. The Morgan fingerprint density at radius 1 is 1.28 bits per heavy atom. The van der Waals surface area contributed by atoms with Crippen molar-refractivity contribution in [2.75, 3.05) is 26.3 Å². The first-order chi connectivity index (χ1) is 8.79. The Labute approximate surface area is 110 Å². The molecule has 1 aromatic carbocycles. The number of hydrogen-bond acceptors (Lipinski definition) is 2. The van der Waals surface area contributed by atoms with Gasteiger partial charge >= 0.3 is 0 Å². The van der Waals surface area contributed by atoms with Crippen LogP contribution in [-0.4, -0.2) is 26.3 Å². The molecule has 0 saturated heterocycles. The van der Waals surface area contributed by atoms with Gasteiger partial charge in [-0.3, -0.25) is 0 Å². The van der Waals surface area contributed by atoms with Gasteiger partial charge in [0.2, 0.25) is 0 Å². The number of ether oxygens (including phenoxy) is 1. The third kappa shape index (κ3) is 5.15. The van der Waals surface area contributed by atoms with E-state index in [1.54, 1.807) is 6.07 Å². The fraction of sp³-hybridized carbons (Fsp3) is 0.600. The van der Waals surface area contributed by atoms with Gasteiger partial charge in [0.25, 0.3) is 0 Å². The fourth-order valence-electron chi connectivity index (χ4n) is 2.00. The van der Waals surface area contributed by atoms with Crippen molar-refractivity contribution < 1.29 is 9.13 Å². The zero-order chi connectivity index (χ0) is 13.2. The fourth-order valence-corrected chi connectivity index (χ4v) is 2.00. The number of halogens is 1. The van der Waals surface area contributed by atoms with Crippen LogP contribution in [0.3, 0.4) is 0 Å². The first-order valence-corrected chi connectivity index (χ1v) is 6.82. The molecule has 1 atom stereocenters. The summed E-state index contributed by atoms with van der Waals surface area (Å²) in [6.45, 7) is 7.29. The Balaban J connectivity index is 2.60. The molecule has 1 unspecified atom stereocenters. The van der Waals surface area contributed by atoms with E-state index in [-0.39, 0.29) is 11.7 Å². The molecule has 0 aromatic heterocycles. The largest absolute Gasteiger partial charge is 0.382 e. The van der Waals surface area contributed by atoms with Crippen molar-refractivity contribution in [3.63, 3.8) is 0 Å². The maximum atomic E-state index is 13.8. The van der Waals surface area contributed by atoms with Crippen molar-refractivity contribution in [2.45, 2.75) is 32.6 Å². The minimum atomic E-state index is -0.114. The van der Waals surface area contributed by atoms with Gasteiger partial charge < -0.3 is 10.1 Å². The Morgan fingerprint density at radius 2 is 2.06 bits per heavy atom. The normalized spacial score (nSPS) is 12.6. The number of rotatable bonds is 9. The molecule has 1 rings (SSSR count). The molecule has 0 aliphatic heterocycles. The third-order valence-corrected chi connectivity index (χ3v) is 2.98. The van der Waals surface area contributed by atoms with Crippen LogP contribution in [0, 0.1) is 5.82 Å². The van der Waals surface area contributed by atoms with Gasteiger partial charge in [-0.2, -0.15) is 0 Å². The van der Waals surface area contributed by atoms with Crippen LogP contribution in [0.4, 0.5) is 4.39 Å². The molecule has 3 heteroatoms. The molecule has 0 radical (unpaired) electrons. The average molecular weight is 253 g/mol. The summed E-state index contributed by atoms with van der Waals surface area (Å²) in [5.41, 5.74) is 0.792. The smallest absolute Gasteiger partial charge is 0.126 e. The molecular formula is C15H24FNO. The highest BCUT2D eigenvalue weighted by Crippen LogP contribution is 2.22. The van der Waals surface area contributed by atoms with Crippen molar-refractivity contribution in [2.24, 2.45) is 0 Å². The molecule has 0 saturated carbocycles. The summed E-state index contributed by atoms with van der Waals surface area (Å²) >= 11 is 0. The number of nitrogens with one attached hydrogen (secondary N) is 1. The summed E-state index contributed by atoms with van der Waals surface area (Å²) in [4.78, 5) is 0. The molecule has 0 heterocycles. The van der Waals surface area contributed by atoms with Gasteiger partial charge in [-0.25, -0.2) is 4.39 Å². The lowest BCUT2D eigenvalue weighted by Crippen LogP contribution is -2.24. The molecule has 1 aromatic rings. The van der Waals surface area contributed by atoms with Gasteiger partial charge in [0.15, 0.2) is 0 Å². The standard InChI is InChI=1S/C15H24FNO/c1-3-10-17-12-13(9-11-18-4-2)14-7-5-6-8-15(14)16/h5-8,13,17H,3-4,9-12H2,1-2H3. The Hall–Kier alpha value is -0.930. The average Bonchev–Trinajstić information content (AvgIpc) is 2.38. The lowest BCUT2D eigenvalue weighted by molar-refractivity contribution is 0.139. The topological polar surface area (TPSA) is 21.3 Å². The van der Waals surface area contributed by atoms with Crippen molar-refractivity contribution in [3.8, 4) is 0 Å². The molecular weight excluding hydrogens is 229 g/mol. The van der Waals surface area contributed by atoms with Crippen molar-refractivity contribution in [1.82, 2.24) is 5.32 Å². The van der Waals surface area contributed by atoms with E-state index in [4.69, 9.17) is 4.74 Å². The van der Waals surface area contributed by atoms with E-state index < -0.39 is 0 Å². The zero-order valence-electron chi connectivity index (χ0n) is 11.4. The van der Waals surface area contributed by atoms with Crippen LogP contribution in [-0.2, 0) is 4.74 Å². The van der Waals surface area contributed by atoms with Crippen LogP contribution in [0.15, 0.2) is 24.3 Å². The maximum absolute atomic E-state index is 13.8. The second kappa shape index (κ2) is 9.06. The van der Waals surface area contributed by atoms with E-state index >= 15 is 0 Å². The summed E-state index contributed by atoms with van der Waals surface area (Å²) in [5, 5.41) is 3.37.